The zero-order chi connectivity index (χ0) is 24.8. The highest BCUT2D eigenvalue weighted by Crippen LogP contribution is 2.37. The number of benzene rings is 3. The summed E-state index contributed by atoms with van der Waals surface area (Å²) in [5.41, 5.74) is 5.69. The molecular formula is C23H21BrN4O6. The van der Waals surface area contributed by atoms with Gasteiger partial charge >= 0.3 is 5.69 Å². The van der Waals surface area contributed by atoms with Crippen LogP contribution in [0.3, 0.4) is 0 Å². The highest BCUT2D eigenvalue weighted by Gasteiger charge is 2.19. The Balaban J connectivity index is 1.78. The lowest BCUT2D eigenvalue weighted by atomic mass is 10.1. The second-order valence-electron chi connectivity index (χ2n) is 7.40. The molecule has 1 N–H and O–H groups in total. The molecule has 0 aliphatic heterocycles. The maximum atomic E-state index is 11.3. The number of non-ortho nitro benzene ring substituents is 1. The monoisotopic (exact) mass is 528 g/mol. The molecular weight excluding hydrogens is 508 g/mol. The fourth-order valence-corrected chi connectivity index (χ4v) is 3.89. The number of aryl methyl sites for hydroxylation is 2. The minimum atomic E-state index is -0.716. The molecule has 3 rings (SSSR count). The number of methoxy groups -OCH3 is 1. The molecule has 0 amide bonds. The van der Waals surface area contributed by atoms with Crippen molar-refractivity contribution in [3.8, 4) is 11.5 Å². The summed E-state index contributed by atoms with van der Waals surface area (Å²) in [6.07, 6.45) is 1.44. The first-order valence-electron chi connectivity index (χ1n) is 9.97. The van der Waals surface area contributed by atoms with E-state index in [-0.39, 0.29) is 11.4 Å². The molecule has 0 saturated heterocycles. The van der Waals surface area contributed by atoms with Crippen molar-refractivity contribution in [1.29, 1.82) is 0 Å². The van der Waals surface area contributed by atoms with E-state index in [9.17, 15) is 20.2 Å². The number of hydrogen-bond donors (Lipinski definition) is 1. The van der Waals surface area contributed by atoms with Crippen molar-refractivity contribution in [2.45, 2.75) is 20.5 Å². The Bertz CT molecular complexity index is 1260. The Kier molecular flexibility index (Phi) is 7.79. The van der Waals surface area contributed by atoms with Gasteiger partial charge in [0.15, 0.2) is 11.5 Å². The normalized spacial score (nSPS) is 10.8. The second kappa shape index (κ2) is 10.8. The molecule has 0 heterocycles. The highest BCUT2D eigenvalue weighted by atomic mass is 79.9. The van der Waals surface area contributed by atoms with Gasteiger partial charge < -0.3 is 9.47 Å². The van der Waals surface area contributed by atoms with E-state index < -0.39 is 15.5 Å². The molecule has 0 unspecified atom stereocenters. The Morgan fingerprint density at radius 1 is 1.03 bits per heavy atom. The van der Waals surface area contributed by atoms with Gasteiger partial charge in [0.1, 0.15) is 12.3 Å². The number of nitro groups is 2. The van der Waals surface area contributed by atoms with Gasteiger partial charge in [-0.25, -0.2) is 0 Å². The largest absolute Gasteiger partial charge is 0.493 e. The third-order valence-electron chi connectivity index (χ3n) is 4.70. The van der Waals surface area contributed by atoms with Crippen LogP contribution in [-0.4, -0.2) is 23.2 Å². The molecule has 11 heteroatoms. The van der Waals surface area contributed by atoms with Crippen molar-refractivity contribution in [2.24, 2.45) is 5.10 Å². The van der Waals surface area contributed by atoms with Gasteiger partial charge in [-0.1, -0.05) is 29.3 Å². The minimum absolute atomic E-state index is 0.0197. The zero-order valence-corrected chi connectivity index (χ0v) is 20.2. The van der Waals surface area contributed by atoms with Crippen molar-refractivity contribution in [3.05, 3.63) is 95.5 Å². The van der Waals surface area contributed by atoms with Crippen LogP contribution in [0.25, 0.3) is 0 Å². The van der Waals surface area contributed by atoms with Crippen LogP contribution in [0.2, 0.25) is 0 Å². The molecule has 0 fully saturated rings. The van der Waals surface area contributed by atoms with Crippen molar-refractivity contribution >= 4 is 39.2 Å². The van der Waals surface area contributed by atoms with E-state index in [2.05, 4.69) is 44.7 Å². The van der Waals surface area contributed by atoms with Crippen LogP contribution in [0.4, 0.5) is 17.1 Å². The molecule has 0 aliphatic carbocycles. The van der Waals surface area contributed by atoms with E-state index in [0.717, 1.165) is 28.8 Å². The summed E-state index contributed by atoms with van der Waals surface area (Å²) in [6.45, 7) is 4.41. The van der Waals surface area contributed by atoms with Gasteiger partial charge in [-0.2, -0.15) is 5.10 Å². The standard InChI is InChI=1S/C23H21BrN4O6/c1-14-6-15(2)8-17(7-14)13-34-23-19(24)9-16(10-22(23)33-3)12-25-26-20-5-4-18(27(29)30)11-21(20)28(31)32/h4-12,26H,13H2,1-3H3/b25-12+. The average Bonchev–Trinajstić information content (AvgIpc) is 2.77. The van der Waals surface area contributed by atoms with Crippen LogP contribution in [0.5, 0.6) is 11.5 Å². The SMILES string of the molecule is COc1cc(/C=N/Nc2ccc([N+](=O)[O-])cc2[N+](=O)[O-])cc(Br)c1OCc1cc(C)cc(C)c1. The van der Waals surface area contributed by atoms with E-state index >= 15 is 0 Å². The second-order valence-corrected chi connectivity index (χ2v) is 8.26. The summed E-state index contributed by atoms with van der Waals surface area (Å²) in [5.74, 6) is 0.999. The molecule has 0 saturated carbocycles. The van der Waals surface area contributed by atoms with Crippen molar-refractivity contribution in [3.63, 3.8) is 0 Å². The molecule has 0 atom stereocenters. The molecule has 0 aliphatic rings. The molecule has 176 valence electrons. The number of rotatable bonds is 9. The van der Waals surface area contributed by atoms with Crippen LogP contribution < -0.4 is 14.9 Å². The van der Waals surface area contributed by atoms with E-state index in [4.69, 9.17) is 9.47 Å². The van der Waals surface area contributed by atoms with Crippen LogP contribution in [-0.2, 0) is 6.61 Å². The molecule has 0 spiro atoms. The molecule has 0 bridgehead atoms. The number of halogens is 1. The zero-order valence-electron chi connectivity index (χ0n) is 18.6. The smallest absolute Gasteiger partial charge is 0.301 e. The summed E-state index contributed by atoms with van der Waals surface area (Å²) in [4.78, 5) is 20.7. The van der Waals surface area contributed by atoms with Gasteiger partial charge in [0.25, 0.3) is 5.69 Å². The van der Waals surface area contributed by atoms with Crippen molar-refractivity contribution < 1.29 is 19.3 Å². The average molecular weight is 529 g/mol. The van der Waals surface area contributed by atoms with Crippen molar-refractivity contribution in [1.82, 2.24) is 0 Å². The summed E-state index contributed by atoms with van der Waals surface area (Å²) >= 11 is 3.49. The van der Waals surface area contributed by atoms with E-state index in [1.807, 2.05) is 13.8 Å². The lowest BCUT2D eigenvalue weighted by Gasteiger charge is -2.14. The number of ether oxygens (including phenoxy) is 2. The number of nitro benzene ring substituents is 2. The summed E-state index contributed by atoms with van der Waals surface area (Å²) < 4.78 is 12.1. The number of anilines is 1. The number of hydrazone groups is 1. The number of nitrogens with one attached hydrogen (secondary N) is 1. The fourth-order valence-electron chi connectivity index (χ4n) is 3.32. The molecule has 3 aromatic rings. The minimum Gasteiger partial charge on any atom is -0.493 e. The van der Waals surface area contributed by atoms with Crippen molar-refractivity contribution in [2.75, 3.05) is 12.5 Å². The van der Waals surface area contributed by atoms with Gasteiger partial charge in [-0.3, -0.25) is 25.7 Å². The van der Waals surface area contributed by atoms with E-state index in [1.54, 1.807) is 12.1 Å². The lowest BCUT2D eigenvalue weighted by molar-refractivity contribution is -0.393. The number of nitrogens with zero attached hydrogens (tertiary/aromatic N) is 3. The first-order valence-corrected chi connectivity index (χ1v) is 10.8. The summed E-state index contributed by atoms with van der Waals surface area (Å²) in [5, 5.41) is 26.1. The van der Waals surface area contributed by atoms with Gasteiger partial charge in [0, 0.05) is 6.07 Å². The Morgan fingerprint density at radius 2 is 1.74 bits per heavy atom. The molecule has 3 aromatic carbocycles. The fraction of sp³-hybridized carbons (Fsp3) is 0.174. The predicted octanol–water partition coefficient (Wildman–Crippen LogP) is 5.92. The quantitative estimate of drug-likeness (QED) is 0.207. The maximum Gasteiger partial charge on any atom is 0.301 e. The number of hydrogen-bond acceptors (Lipinski definition) is 8. The third-order valence-corrected chi connectivity index (χ3v) is 5.29. The van der Waals surface area contributed by atoms with Crippen LogP contribution >= 0.6 is 15.9 Å². The molecule has 10 nitrogen and oxygen atoms in total. The van der Waals surface area contributed by atoms with Crippen LogP contribution in [0.1, 0.15) is 22.3 Å². The Morgan fingerprint density at radius 3 is 2.35 bits per heavy atom. The topological polar surface area (TPSA) is 129 Å². The highest BCUT2D eigenvalue weighted by molar-refractivity contribution is 9.10. The van der Waals surface area contributed by atoms with Gasteiger partial charge in [-0.15, -0.1) is 0 Å². The first kappa shape index (κ1) is 24.6. The molecule has 0 radical (unpaired) electrons. The lowest BCUT2D eigenvalue weighted by Crippen LogP contribution is -2.01. The van der Waals surface area contributed by atoms with Gasteiger partial charge in [0.2, 0.25) is 0 Å². The molecule has 34 heavy (non-hydrogen) atoms. The van der Waals surface area contributed by atoms with Gasteiger partial charge in [0.05, 0.1) is 33.7 Å². The maximum absolute atomic E-state index is 11.3. The van der Waals surface area contributed by atoms with E-state index in [0.29, 0.717) is 28.1 Å². The Hall–Kier alpha value is -3.99. The van der Waals surface area contributed by atoms with E-state index in [1.165, 1.54) is 19.4 Å². The van der Waals surface area contributed by atoms with Gasteiger partial charge in [-0.05, 0) is 59.1 Å². The predicted molar refractivity (Wildman–Crippen MR) is 132 cm³/mol. The molecule has 0 aromatic heterocycles. The van der Waals surface area contributed by atoms with Crippen LogP contribution in [0, 0.1) is 34.1 Å². The first-order chi connectivity index (χ1) is 16.2. The Labute approximate surface area is 203 Å². The summed E-state index contributed by atoms with van der Waals surface area (Å²) in [6, 6.07) is 12.9. The summed E-state index contributed by atoms with van der Waals surface area (Å²) in [7, 11) is 1.52. The third kappa shape index (κ3) is 6.07. The van der Waals surface area contributed by atoms with Crippen LogP contribution in [0.15, 0.2) is 58.1 Å².